The van der Waals surface area contributed by atoms with E-state index in [9.17, 15) is 9.18 Å². The highest BCUT2D eigenvalue weighted by Crippen LogP contribution is 2.27. The molecule has 1 heterocycles. The van der Waals surface area contributed by atoms with E-state index in [1.54, 1.807) is 23.1 Å². The van der Waals surface area contributed by atoms with Crippen LogP contribution in [0.15, 0.2) is 89.6 Å². The Morgan fingerprint density at radius 1 is 0.889 bits per heavy atom. The molecule has 1 aliphatic rings. The number of benzene rings is 3. The van der Waals surface area contributed by atoms with E-state index >= 15 is 0 Å². The fourth-order valence-corrected chi connectivity index (χ4v) is 2.95. The first-order valence-corrected chi connectivity index (χ1v) is 8.64. The number of rotatable bonds is 3. The summed E-state index contributed by atoms with van der Waals surface area (Å²) in [7, 11) is 0. The second kappa shape index (κ2) is 7.00. The van der Waals surface area contributed by atoms with Gasteiger partial charge in [0.05, 0.1) is 5.69 Å². The Morgan fingerprint density at radius 2 is 1.56 bits per heavy atom. The number of carbonyl (C=O) groups excluding carboxylic acids is 1. The molecule has 0 bridgehead atoms. The molecule has 0 fully saturated rings. The molecule has 0 aliphatic carbocycles. The van der Waals surface area contributed by atoms with Crippen LogP contribution in [0.25, 0.3) is 6.08 Å². The number of hydrogen-bond acceptors (Lipinski definition) is 2. The fraction of sp³-hybridized carbons (Fsp3) is 0.0435. The summed E-state index contributed by atoms with van der Waals surface area (Å²) in [6, 6.07) is 23.3. The van der Waals surface area contributed by atoms with Gasteiger partial charge in [-0.05, 0) is 42.8 Å². The van der Waals surface area contributed by atoms with Crippen molar-refractivity contribution in [2.45, 2.75) is 6.92 Å². The summed E-state index contributed by atoms with van der Waals surface area (Å²) >= 11 is 0. The van der Waals surface area contributed by atoms with Crippen LogP contribution in [0.1, 0.15) is 16.7 Å². The van der Waals surface area contributed by atoms with Gasteiger partial charge in [0, 0.05) is 5.56 Å². The Balaban J connectivity index is 1.81. The van der Waals surface area contributed by atoms with E-state index in [1.807, 2.05) is 61.5 Å². The van der Waals surface area contributed by atoms with Crippen LogP contribution in [0.3, 0.4) is 0 Å². The van der Waals surface area contributed by atoms with Gasteiger partial charge >= 0.3 is 0 Å². The summed E-state index contributed by atoms with van der Waals surface area (Å²) in [6.45, 7) is 2.01. The number of aryl methyl sites for hydroxylation is 1. The summed E-state index contributed by atoms with van der Waals surface area (Å²) in [4.78, 5) is 19.3. The highest BCUT2D eigenvalue weighted by Gasteiger charge is 2.32. The molecular weight excluding hydrogens is 339 g/mol. The number of para-hydroxylation sites is 1. The van der Waals surface area contributed by atoms with Crippen molar-refractivity contribution in [2.24, 2.45) is 4.99 Å². The number of amidine groups is 1. The summed E-state index contributed by atoms with van der Waals surface area (Å²) in [5.41, 5.74) is 3.80. The Bertz CT molecular complexity index is 1040. The van der Waals surface area contributed by atoms with Crippen molar-refractivity contribution in [3.05, 3.63) is 107 Å². The number of amides is 1. The van der Waals surface area contributed by atoms with Crippen LogP contribution in [0.2, 0.25) is 0 Å². The second-order valence-electron chi connectivity index (χ2n) is 6.36. The summed E-state index contributed by atoms with van der Waals surface area (Å²) in [6.07, 6.45) is 1.68. The van der Waals surface area contributed by atoms with Gasteiger partial charge in [-0.2, -0.15) is 0 Å². The average Bonchev–Trinajstić information content (AvgIpc) is 3.01. The van der Waals surface area contributed by atoms with E-state index < -0.39 is 0 Å². The molecule has 0 radical (unpaired) electrons. The minimum absolute atomic E-state index is 0.207. The SMILES string of the molecule is Cc1ccc(C2=N/C(=C/c3ccc(F)cc3)C(=O)N2c2ccccc2)cc1. The number of nitrogens with zero attached hydrogens (tertiary/aromatic N) is 2. The van der Waals surface area contributed by atoms with Crippen LogP contribution in [0.4, 0.5) is 10.1 Å². The Hall–Kier alpha value is -3.53. The smallest absolute Gasteiger partial charge is 0.266 e. The van der Waals surface area contributed by atoms with Crippen molar-refractivity contribution in [3.63, 3.8) is 0 Å². The minimum Gasteiger partial charge on any atom is -0.266 e. The maximum absolute atomic E-state index is 13.2. The molecule has 0 atom stereocenters. The number of anilines is 1. The van der Waals surface area contributed by atoms with Crippen molar-refractivity contribution >= 4 is 23.5 Å². The van der Waals surface area contributed by atoms with Gasteiger partial charge < -0.3 is 0 Å². The largest absolute Gasteiger partial charge is 0.282 e. The third-order valence-electron chi connectivity index (χ3n) is 4.36. The number of carbonyl (C=O) groups is 1. The zero-order valence-electron chi connectivity index (χ0n) is 14.8. The molecule has 0 saturated heterocycles. The third-order valence-corrected chi connectivity index (χ3v) is 4.36. The Morgan fingerprint density at radius 3 is 2.22 bits per heavy atom. The molecule has 3 nitrogen and oxygen atoms in total. The van der Waals surface area contributed by atoms with Crippen LogP contribution in [-0.2, 0) is 4.79 Å². The Labute approximate surface area is 157 Å². The third kappa shape index (κ3) is 3.42. The zero-order valence-corrected chi connectivity index (χ0v) is 14.8. The lowest BCUT2D eigenvalue weighted by Crippen LogP contribution is -2.32. The number of aliphatic imine (C=N–C) groups is 1. The average molecular weight is 356 g/mol. The molecule has 1 amide bonds. The van der Waals surface area contributed by atoms with Crippen molar-refractivity contribution in [2.75, 3.05) is 4.90 Å². The predicted octanol–water partition coefficient (Wildman–Crippen LogP) is 4.97. The lowest BCUT2D eigenvalue weighted by molar-refractivity contribution is -0.113. The van der Waals surface area contributed by atoms with E-state index in [4.69, 9.17) is 0 Å². The zero-order chi connectivity index (χ0) is 18.8. The van der Waals surface area contributed by atoms with Crippen LogP contribution in [-0.4, -0.2) is 11.7 Å². The van der Waals surface area contributed by atoms with Crippen LogP contribution < -0.4 is 4.90 Å². The molecule has 3 aromatic carbocycles. The van der Waals surface area contributed by atoms with Gasteiger partial charge in [0.25, 0.3) is 5.91 Å². The molecule has 0 N–H and O–H groups in total. The standard InChI is InChI=1S/C23H17FN2O/c1-16-7-11-18(12-8-16)22-25-21(15-17-9-13-19(24)14-10-17)23(27)26(22)20-5-3-2-4-6-20/h2-15H,1H3/b21-15+. The lowest BCUT2D eigenvalue weighted by Gasteiger charge is -2.18. The van der Waals surface area contributed by atoms with E-state index in [1.165, 1.54) is 12.1 Å². The van der Waals surface area contributed by atoms with E-state index in [0.717, 1.165) is 22.4 Å². The molecule has 0 unspecified atom stereocenters. The predicted molar refractivity (Wildman–Crippen MR) is 106 cm³/mol. The van der Waals surface area contributed by atoms with Gasteiger partial charge in [0.2, 0.25) is 0 Å². The minimum atomic E-state index is -0.315. The maximum Gasteiger partial charge on any atom is 0.282 e. The fourth-order valence-electron chi connectivity index (χ4n) is 2.95. The van der Waals surface area contributed by atoms with Gasteiger partial charge in [-0.15, -0.1) is 0 Å². The monoisotopic (exact) mass is 356 g/mol. The first kappa shape index (κ1) is 16.9. The van der Waals surface area contributed by atoms with Gasteiger partial charge in [-0.1, -0.05) is 60.2 Å². The molecule has 1 aliphatic heterocycles. The van der Waals surface area contributed by atoms with Gasteiger partial charge in [-0.3, -0.25) is 9.69 Å². The molecular formula is C23H17FN2O. The molecule has 0 saturated carbocycles. The quantitative estimate of drug-likeness (QED) is 0.610. The molecule has 3 aromatic rings. The normalized spacial score (nSPS) is 15.3. The first-order valence-electron chi connectivity index (χ1n) is 8.64. The molecule has 27 heavy (non-hydrogen) atoms. The molecule has 4 heteroatoms. The number of halogens is 1. The van der Waals surface area contributed by atoms with Gasteiger partial charge in [0.15, 0.2) is 0 Å². The summed E-state index contributed by atoms with van der Waals surface area (Å²) in [5, 5.41) is 0. The van der Waals surface area contributed by atoms with Crippen molar-refractivity contribution in [1.82, 2.24) is 0 Å². The molecule has 0 spiro atoms. The van der Waals surface area contributed by atoms with Gasteiger partial charge in [-0.25, -0.2) is 9.38 Å². The Kier molecular flexibility index (Phi) is 4.38. The lowest BCUT2D eigenvalue weighted by atomic mass is 10.1. The van der Waals surface area contributed by atoms with Crippen molar-refractivity contribution in [1.29, 1.82) is 0 Å². The van der Waals surface area contributed by atoms with E-state index in [2.05, 4.69) is 4.99 Å². The highest BCUT2D eigenvalue weighted by atomic mass is 19.1. The van der Waals surface area contributed by atoms with Crippen LogP contribution in [0.5, 0.6) is 0 Å². The summed E-state index contributed by atoms with van der Waals surface area (Å²) < 4.78 is 13.2. The topological polar surface area (TPSA) is 32.7 Å². The van der Waals surface area contributed by atoms with Crippen molar-refractivity contribution in [3.8, 4) is 0 Å². The van der Waals surface area contributed by atoms with Crippen molar-refractivity contribution < 1.29 is 9.18 Å². The number of hydrogen-bond donors (Lipinski definition) is 0. The molecule has 0 aromatic heterocycles. The first-order chi connectivity index (χ1) is 13.1. The summed E-state index contributed by atoms with van der Waals surface area (Å²) in [5.74, 6) is 0.0605. The van der Waals surface area contributed by atoms with E-state index in [-0.39, 0.29) is 11.7 Å². The van der Waals surface area contributed by atoms with Crippen LogP contribution >= 0.6 is 0 Å². The van der Waals surface area contributed by atoms with E-state index in [0.29, 0.717) is 11.5 Å². The van der Waals surface area contributed by atoms with Gasteiger partial charge in [0.1, 0.15) is 17.3 Å². The van der Waals surface area contributed by atoms with Crippen LogP contribution in [0, 0.1) is 12.7 Å². The maximum atomic E-state index is 13.2. The molecule has 132 valence electrons. The second-order valence-corrected chi connectivity index (χ2v) is 6.36. The molecule has 4 rings (SSSR count). The highest BCUT2D eigenvalue weighted by molar-refractivity contribution is 6.33.